The third-order valence-corrected chi connectivity index (χ3v) is 4.66. The van der Waals surface area contributed by atoms with Crippen LogP contribution in [-0.4, -0.2) is 38.5 Å². The Kier molecular flexibility index (Phi) is 6.07. The van der Waals surface area contributed by atoms with E-state index in [4.69, 9.17) is 4.74 Å². The fourth-order valence-corrected chi connectivity index (χ4v) is 2.90. The number of benzene rings is 1. The van der Waals surface area contributed by atoms with Crippen molar-refractivity contribution in [2.75, 3.05) is 12.4 Å². The molecule has 0 saturated heterocycles. The van der Waals surface area contributed by atoms with Crippen LogP contribution in [0.2, 0.25) is 0 Å². The van der Waals surface area contributed by atoms with Gasteiger partial charge in [0.1, 0.15) is 0 Å². The Morgan fingerprint density at radius 1 is 1.18 bits per heavy atom. The lowest BCUT2D eigenvalue weighted by Crippen LogP contribution is -2.27. The van der Waals surface area contributed by atoms with Crippen LogP contribution in [0.1, 0.15) is 10.4 Å². The molecule has 1 aromatic heterocycles. The van der Waals surface area contributed by atoms with Gasteiger partial charge in [0.25, 0.3) is 15.7 Å². The van der Waals surface area contributed by atoms with Crippen LogP contribution < -0.4 is 14.8 Å². The first kappa shape index (κ1) is 21.3. The van der Waals surface area contributed by atoms with E-state index in [0.29, 0.717) is 0 Å². The molecule has 28 heavy (non-hydrogen) atoms. The summed E-state index contributed by atoms with van der Waals surface area (Å²) in [7, 11) is -4.72. The van der Waals surface area contributed by atoms with Crippen molar-refractivity contribution < 1.29 is 44.6 Å². The monoisotopic (exact) mass is 426 g/mol. The maximum absolute atomic E-state index is 12.8. The first-order valence-electron chi connectivity index (χ1n) is 7.18. The fraction of sp³-hybridized carbons (Fsp3) is 0.200. The van der Waals surface area contributed by atoms with Gasteiger partial charge >= 0.3 is 12.1 Å². The van der Waals surface area contributed by atoms with E-state index in [2.05, 4.69) is 15.0 Å². The van der Waals surface area contributed by atoms with Crippen molar-refractivity contribution in [2.45, 2.75) is 17.1 Å². The molecule has 0 aliphatic rings. The number of rotatable bonds is 6. The van der Waals surface area contributed by atoms with Crippen molar-refractivity contribution in [1.29, 1.82) is 0 Å². The molecule has 1 N–H and O–H groups in total. The SMILES string of the molecule is COc1ccc(NC(=O)c2cccnc2S(=O)(=O)C(F)(F)F)cc1OC(F)F. The molecule has 0 saturated carbocycles. The van der Waals surface area contributed by atoms with Gasteiger partial charge in [-0.15, -0.1) is 0 Å². The van der Waals surface area contributed by atoms with E-state index in [9.17, 15) is 35.2 Å². The highest BCUT2D eigenvalue weighted by Gasteiger charge is 2.49. The summed E-state index contributed by atoms with van der Waals surface area (Å²) in [6.45, 7) is -3.21. The zero-order valence-corrected chi connectivity index (χ0v) is 14.6. The smallest absolute Gasteiger partial charge is 0.493 e. The number of pyridine rings is 1. The summed E-state index contributed by atoms with van der Waals surface area (Å²) in [5.74, 6) is -1.81. The molecule has 1 amide bonds. The van der Waals surface area contributed by atoms with E-state index in [1.54, 1.807) is 0 Å². The second-order valence-electron chi connectivity index (χ2n) is 5.00. The van der Waals surface area contributed by atoms with E-state index in [0.717, 1.165) is 30.5 Å². The Balaban J connectivity index is 2.40. The molecule has 0 bridgehead atoms. The predicted molar refractivity (Wildman–Crippen MR) is 85.1 cm³/mol. The quantitative estimate of drug-likeness (QED) is 0.713. The number of nitrogens with zero attached hydrogens (tertiary/aromatic N) is 1. The Morgan fingerprint density at radius 3 is 2.43 bits per heavy atom. The van der Waals surface area contributed by atoms with Crippen LogP contribution >= 0.6 is 0 Å². The first-order valence-corrected chi connectivity index (χ1v) is 8.66. The number of carbonyl (C=O) groups excluding carboxylic acids is 1. The van der Waals surface area contributed by atoms with Gasteiger partial charge in [-0.05, 0) is 24.3 Å². The lowest BCUT2D eigenvalue weighted by molar-refractivity contribution is -0.0512. The zero-order valence-electron chi connectivity index (χ0n) is 13.8. The number of methoxy groups -OCH3 is 1. The molecular weight excluding hydrogens is 415 g/mol. The molecule has 0 spiro atoms. The molecule has 2 rings (SSSR count). The van der Waals surface area contributed by atoms with Crippen LogP contribution in [0.3, 0.4) is 0 Å². The summed E-state index contributed by atoms with van der Waals surface area (Å²) in [4.78, 5) is 15.4. The minimum absolute atomic E-state index is 0.0972. The number of aromatic nitrogens is 1. The molecule has 13 heteroatoms. The maximum Gasteiger partial charge on any atom is 0.503 e. The number of hydrogen-bond donors (Lipinski definition) is 1. The van der Waals surface area contributed by atoms with Gasteiger partial charge in [-0.3, -0.25) is 4.79 Å². The molecular formula is C15H11F5N2O5S. The molecule has 0 unspecified atom stereocenters. The molecule has 7 nitrogen and oxygen atoms in total. The van der Waals surface area contributed by atoms with Gasteiger partial charge in [-0.2, -0.15) is 22.0 Å². The lowest BCUT2D eigenvalue weighted by atomic mass is 10.2. The van der Waals surface area contributed by atoms with Gasteiger partial charge in [0.05, 0.1) is 12.7 Å². The number of sulfone groups is 1. The van der Waals surface area contributed by atoms with Crippen LogP contribution in [0.4, 0.5) is 27.6 Å². The van der Waals surface area contributed by atoms with E-state index in [1.165, 1.54) is 13.2 Å². The summed E-state index contributed by atoms with van der Waals surface area (Å²) >= 11 is 0. The third-order valence-electron chi connectivity index (χ3n) is 3.21. The number of nitrogens with one attached hydrogen (secondary N) is 1. The number of alkyl halides is 5. The molecule has 152 valence electrons. The van der Waals surface area contributed by atoms with E-state index in [1.807, 2.05) is 0 Å². The standard InChI is InChI=1S/C15H11F5N2O5S/c1-26-10-5-4-8(7-11(10)27-14(16)17)22-12(23)9-3-2-6-21-13(9)28(24,25)15(18,19)20/h2-7,14H,1H3,(H,22,23). The zero-order chi connectivity index (χ0) is 21.1. The highest BCUT2D eigenvalue weighted by molar-refractivity contribution is 7.92. The average molecular weight is 426 g/mol. The number of anilines is 1. The lowest BCUT2D eigenvalue weighted by Gasteiger charge is -2.14. The second-order valence-corrected chi connectivity index (χ2v) is 6.86. The van der Waals surface area contributed by atoms with Crippen molar-refractivity contribution in [3.8, 4) is 11.5 Å². The summed E-state index contributed by atoms with van der Waals surface area (Å²) in [6, 6.07) is 5.15. The van der Waals surface area contributed by atoms with Gasteiger partial charge in [-0.25, -0.2) is 13.4 Å². The fourth-order valence-electron chi connectivity index (χ4n) is 2.03. The van der Waals surface area contributed by atoms with Crippen LogP contribution in [0.15, 0.2) is 41.6 Å². The van der Waals surface area contributed by atoms with Crippen LogP contribution in [-0.2, 0) is 9.84 Å². The normalized spacial score (nSPS) is 12.0. The van der Waals surface area contributed by atoms with E-state index >= 15 is 0 Å². The summed E-state index contributed by atoms with van der Waals surface area (Å²) in [6.07, 6.45) is 0.775. The van der Waals surface area contributed by atoms with Crippen molar-refractivity contribution in [3.05, 3.63) is 42.1 Å². The minimum Gasteiger partial charge on any atom is -0.493 e. The minimum atomic E-state index is -5.89. The van der Waals surface area contributed by atoms with Crippen LogP contribution in [0.25, 0.3) is 0 Å². The molecule has 0 aliphatic carbocycles. The van der Waals surface area contributed by atoms with Gasteiger partial charge in [0, 0.05) is 18.0 Å². The molecule has 0 atom stereocenters. The van der Waals surface area contributed by atoms with Crippen molar-refractivity contribution >= 4 is 21.4 Å². The number of ether oxygens (including phenoxy) is 2. The molecule has 2 aromatic rings. The van der Waals surface area contributed by atoms with Crippen molar-refractivity contribution in [1.82, 2.24) is 4.98 Å². The molecule has 0 fully saturated rings. The molecule has 1 heterocycles. The largest absolute Gasteiger partial charge is 0.503 e. The Morgan fingerprint density at radius 2 is 1.86 bits per heavy atom. The summed E-state index contributed by atoms with van der Waals surface area (Å²) in [5.41, 5.74) is -6.72. The van der Waals surface area contributed by atoms with Crippen molar-refractivity contribution in [3.63, 3.8) is 0 Å². The average Bonchev–Trinajstić information content (AvgIpc) is 2.60. The highest BCUT2D eigenvalue weighted by atomic mass is 32.2. The van der Waals surface area contributed by atoms with Gasteiger partial charge in [0.15, 0.2) is 16.5 Å². The summed E-state index contributed by atoms with van der Waals surface area (Å²) < 4.78 is 95.5. The maximum atomic E-state index is 12.8. The van der Waals surface area contributed by atoms with Crippen LogP contribution in [0, 0.1) is 0 Å². The van der Waals surface area contributed by atoms with E-state index in [-0.39, 0.29) is 11.4 Å². The molecule has 1 aromatic carbocycles. The molecule has 0 aliphatic heterocycles. The highest BCUT2D eigenvalue weighted by Crippen LogP contribution is 2.33. The predicted octanol–water partition coefficient (Wildman–Crippen LogP) is 3.24. The molecule has 0 radical (unpaired) electrons. The van der Waals surface area contributed by atoms with Crippen LogP contribution in [0.5, 0.6) is 11.5 Å². The second kappa shape index (κ2) is 7.96. The van der Waals surface area contributed by atoms with E-state index < -0.39 is 44.2 Å². The number of amides is 1. The number of carbonyl (C=O) groups is 1. The Bertz CT molecular complexity index is 979. The van der Waals surface area contributed by atoms with Gasteiger partial charge in [0.2, 0.25) is 0 Å². The van der Waals surface area contributed by atoms with Gasteiger partial charge < -0.3 is 14.8 Å². The number of halogens is 5. The van der Waals surface area contributed by atoms with Gasteiger partial charge in [-0.1, -0.05) is 0 Å². The first-order chi connectivity index (χ1) is 13.0. The topological polar surface area (TPSA) is 94.6 Å². The number of hydrogen-bond acceptors (Lipinski definition) is 6. The Hall–Kier alpha value is -2.96. The van der Waals surface area contributed by atoms with Crippen molar-refractivity contribution in [2.24, 2.45) is 0 Å². The Labute approximate surface area is 155 Å². The third kappa shape index (κ3) is 4.47. The summed E-state index contributed by atoms with van der Waals surface area (Å²) in [5, 5.41) is 0.608.